The Kier molecular flexibility index (Phi) is 5.27. The Morgan fingerprint density at radius 1 is 1.10 bits per heavy atom. The zero-order valence-electron chi connectivity index (χ0n) is 11.3. The maximum Gasteiger partial charge on any atom is 0.125 e. The molecule has 1 N–H and O–H groups in total. The van der Waals surface area contributed by atoms with Gasteiger partial charge in [-0.1, -0.05) is 23.7 Å². The topological polar surface area (TPSA) is 38.7 Å². The van der Waals surface area contributed by atoms with E-state index in [1.807, 2.05) is 36.4 Å². The van der Waals surface area contributed by atoms with Gasteiger partial charge in [0.1, 0.15) is 18.1 Å². The Bertz CT molecular complexity index is 552. The van der Waals surface area contributed by atoms with Crippen LogP contribution in [0.2, 0.25) is 5.02 Å². The fourth-order valence-corrected chi connectivity index (χ4v) is 2.10. The lowest BCUT2D eigenvalue weighted by Crippen LogP contribution is -1.99. The molecule has 0 heterocycles. The number of halogens is 1. The molecule has 0 aliphatic rings. The summed E-state index contributed by atoms with van der Waals surface area (Å²) in [7, 11) is 1.62. The van der Waals surface area contributed by atoms with Crippen LogP contribution < -0.4 is 9.47 Å². The van der Waals surface area contributed by atoms with E-state index in [4.69, 9.17) is 26.2 Å². The standard InChI is InChI=1S/C16H17ClO3/c1-19-16-7-4-14(17)10-13(16)11-20-15-5-2-12(3-6-15)8-9-18/h2-7,10,18H,8-9,11H2,1H3. The molecule has 106 valence electrons. The summed E-state index contributed by atoms with van der Waals surface area (Å²) in [6, 6.07) is 13.1. The lowest BCUT2D eigenvalue weighted by atomic mass is 10.1. The Morgan fingerprint density at radius 2 is 1.85 bits per heavy atom. The van der Waals surface area contributed by atoms with Gasteiger partial charge >= 0.3 is 0 Å². The minimum Gasteiger partial charge on any atom is -0.496 e. The average Bonchev–Trinajstić information content (AvgIpc) is 2.47. The molecule has 2 aromatic rings. The molecule has 0 spiro atoms. The summed E-state index contributed by atoms with van der Waals surface area (Å²) in [4.78, 5) is 0. The van der Waals surface area contributed by atoms with Crippen molar-refractivity contribution in [3.8, 4) is 11.5 Å². The predicted molar refractivity (Wildman–Crippen MR) is 79.6 cm³/mol. The van der Waals surface area contributed by atoms with Gasteiger partial charge in [-0.2, -0.15) is 0 Å². The highest BCUT2D eigenvalue weighted by Crippen LogP contribution is 2.24. The van der Waals surface area contributed by atoms with Crippen LogP contribution in [0.4, 0.5) is 0 Å². The molecule has 0 aromatic heterocycles. The number of rotatable bonds is 6. The van der Waals surface area contributed by atoms with Gasteiger partial charge in [-0.15, -0.1) is 0 Å². The maximum atomic E-state index is 8.87. The van der Waals surface area contributed by atoms with Gasteiger partial charge in [-0.05, 0) is 42.3 Å². The van der Waals surface area contributed by atoms with E-state index < -0.39 is 0 Å². The van der Waals surface area contributed by atoms with Gasteiger partial charge in [-0.3, -0.25) is 0 Å². The molecule has 0 radical (unpaired) electrons. The average molecular weight is 293 g/mol. The third-order valence-electron chi connectivity index (χ3n) is 2.96. The number of aliphatic hydroxyl groups excluding tert-OH is 1. The molecule has 0 amide bonds. The van der Waals surface area contributed by atoms with Crippen LogP contribution in [0, 0.1) is 0 Å². The van der Waals surface area contributed by atoms with Crippen molar-refractivity contribution in [2.75, 3.05) is 13.7 Å². The molecule has 0 aliphatic carbocycles. The highest BCUT2D eigenvalue weighted by Gasteiger charge is 2.05. The van der Waals surface area contributed by atoms with Crippen molar-refractivity contribution < 1.29 is 14.6 Å². The molecule has 3 nitrogen and oxygen atoms in total. The zero-order chi connectivity index (χ0) is 14.4. The van der Waals surface area contributed by atoms with Crippen molar-refractivity contribution in [2.45, 2.75) is 13.0 Å². The van der Waals surface area contributed by atoms with E-state index in [1.54, 1.807) is 13.2 Å². The van der Waals surface area contributed by atoms with Gasteiger partial charge < -0.3 is 14.6 Å². The minimum atomic E-state index is 0.153. The predicted octanol–water partition coefficient (Wildman–Crippen LogP) is 3.46. The van der Waals surface area contributed by atoms with Gasteiger partial charge in [0.25, 0.3) is 0 Å². The van der Waals surface area contributed by atoms with Gasteiger partial charge in [0.05, 0.1) is 7.11 Å². The molecular formula is C16H17ClO3. The molecular weight excluding hydrogens is 276 g/mol. The number of hydrogen-bond donors (Lipinski definition) is 1. The van der Waals surface area contributed by atoms with Gasteiger partial charge in [0.15, 0.2) is 0 Å². The molecule has 0 unspecified atom stereocenters. The van der Waals surface area contributed by atoms with Crippen LogP contribution in [0.5, 0.6) is 11.5 Å². The van der Waals surface area contributed by atoms with E-state index in [2.05, 4.69) is 0 Å². The zero-order valence-corrected chi connectivity index (χ0v) is 12.1. The summed E-state index contributed by atoms with van der Waals surface area (Å²) in [6.07, 6.45) is 0.655. The van der Waals surface area contributed by atoms with Crippen LogP contribution in [-0.2, 0) is 13.0 Å². The highest BCUT2D eigenvalue weighted by molar-refractivity contribution is 6.30. The van der Waals surface area contributed by atoms with E-state index in [1.165, 1.54) is 0 Å². The van der Waals surface area contributed by atoms with Gasteiger partial charge in [0, 0.05) is 17.2 Å². The Balaban J connectivity index is 2.02. The third kappa shape index (κ3) is 3.89. The van der Waals surface area contributed by atoms with Gasteiger partial charge in [-0.25, -0.2) is 0 Å². The lowest BCUT2D eigenvalue weighted by Gasteiger charge is -2.11. The highest BCUT2D eigenvalue weighted by atomic mass is 35.5. The van der Waals surface area contributed by atoms with E-state index in [0.717, 1.165) is 22.6 Å². The molecule has 0 saturated heterocycles. The van der Waals surface area contributed by atoms with E-state index in [-0.39, 0.29) is 6.61 Å². The van der Waals surface area contributed by atoms with E-state index >= 15 is 0 Å². The molecule has 0 atom stereocenters. The number of ether oxygens (including phenoxy) is 2. The van der Waals surface area contributed by atoms with Crippen LogP contribution in [0.3, 0.4) is 0 Å². The summed E-state index contributed by atoms with van der Waals surface area (Å²) in [5, 5.41) is 9.52. The first kappa shape index (κ1) is 14.7. The molecule has 0 fully saturated rings. The molecule has 2 rings (SSSR count). The smallest absolute Gasteiger partial charge is 0.125 e. The number of hydrogen-bond acceptors (Lipinski definition) is 3. The maximum absolute atomic E-state index is 8.87. The Morgan fingerprint density at radius 3 is 2.50 bits per heavy atom. The number of aliphatic hydroxyl groups is 1. The third-order valence-corrected chi connectivity index (χ3v) is 3.20. The molecule has 4 heteroatoms. The first-order chi connectivity index (χ1) is 9.72. The Hall–Kier alpha value is -1.71. The van der Waals surface area contributed by atoms with Gasteiger partial charge in [0.2, 0.25) is 0 Å². The second-order valence-electron chi connectivity index (χ2n) is 4.36. The SMILES string of the molecule is COc1ccc(Cl)cc1COc1ccc(CCO)cc1. The molecule has 0 saturated carbocycles. The Labute approximate surface area is 123 Å². The largest absolute Gasteiger partial charge is 0.496 e. The van der Waals surface area contributed by atoms with Crippen molar-refractivity contribution in [3.63, 3.8) is 0 Å². The van der Waals surface area contributed by atoms with Crippen molar-refractivity contribution in [1.29, 1.82) is 0 Å². The molecule has 20 heavy (non-hydrogen) atoms. The summed E-state index contributed by atoms with van der Waals surface area (Å²) in [5.74, 6) is 1.53. The summed E-state index contributed by atoms with van der Waals surface area (Å²) < 4.78 is 11.0. The quantitative estimate of drug-likeness (QED) is 0.886. The van der Waals surface area contributed by atoms with Crippen LogP contribution >= 0.6 is 11.6 Å². The number of methoxy groups -OCH3 is 1. The van der Waals surface area contributed by atoms with E-state index in [0.29, 0.717) is 18.1 Å². The number of benzene rings is 2. The molecule has 2 aromatic carbocycles. The van der Waals surface area contributed by atoms with Crippen LogP contribution in [0.25, 0.3) is 0 Å². The van der Waals surface area contributed by atoms with Crippen LogP contribution in [0.15, 0.2) is 42.5 Å². The molecule has 0 aliphatic heterocycles. The van der Waals surface area contributed by atoms with Crippen LogP contribution in [-0.4, -0.2) is 18.8 Å². The first-order valence-electron chi connectivity index (χ1n) is 6.38. The lowest BCUT2D eigenvalue weighted by molar-refractivity contribution is 0.295. The summed E-state index contributed by atoms with van der Waals surface area (Å²) in [6.45, 7) is 0.545. The van der Waals surface area contributed by atoms with Crippen LogP contribution in [0.1, 0.15) is 11.1 Å². The van der Waals surface area contributed by atoms with Crippen molar-refractivity contribution in [1.82, 2.24) is 0 Å². The second kappa shape index (κ2) is 7.17. The van der Waals surface area contributed by atoms with Crippen molar-refractivity contribution in [3.05, 3.63) is 58.6 Å². The van der Waals surface area contributed by atoms with Crippen molar-refractivity contribution in [2.24, 2.45) is 0 Å². The fraction of sp³-hybridized carbons (Fsp3) is 0.250. The minimum absolute atomic E-state index is 0.153. The monoisotopic (exact) mass is 292 g/mol. The summed E-state index contributed by atoms with van der Waals surface area (Å²) >= 11 is 5.98. The first-order valence-corrected chi connectivity index (χ1v) is 6.75. The molecule has 0 bridgehead atoms. The normalized spacial score (nSPS) is 10.3. The second-order valence-corrected chi connectivity index (χ2v) is 4.80. The van der Waals surface area contributed by atoms with E-state index in [9.17, 15) is 0 Å². The fourth-order valence-electron chi connectivity index (χ4n) is 1.90. The van der Waals surface area contributed by atoms with Crippen molar-refractivity contribution >= 4 is 11.6 Å². The summed E-state index contributed by atoms with van der Waals surface area (Å²) in [5.41, 5.74) is 1.99.